The number of alkyl carbamates (subject to hydrolysis) is 1. The second-order valence-corrected chi connectivity index (χ2v) is 6.59. The molecule has 3 rings (SSSR count). The van der Waals surface area contributed by atoms with Crippen LogP contribution >= 0.6 is 0 Å². The van der Waals surface area contributed by atoms with Crippen molar-refractivity contribution >= 4 is 22.9 Å². The highest BCUT2D eigenvalue weighted by Gasteiger charge is 2.22. The predicted molar refractivity (Wildman–Crippen MR) is 92.5 cm³/mol. The maximum Gasteiger partial charge on any atom is 0.407 e. The minimum atomic E-state index is -0.351. The van der Waals surface area contributed by atoms with Crippen molar-refractivity contribution in [1.82, 2.24) is 14.8 Å². The van der Waals surface area contributed by atoms with Crippen LogP contribution in [-0.4, -0.2) is 54.8 Å². The average Bonchev–Trinajstić information content (AvgIpc) is 3.08. The van der Waals surface area contributed by atoms with Gasteiger partial charge in [-0.2, -0.15) is 0 Å². The smallest absolute Gasteiger partial charge is 0.407 e. The van der Waals surface area contributed by atoms with E-state index in [1.807, 2.05) is 32.4 Å². The molecule has 1 N–H and O–H groups in total. The second kappa shape index (κ2) is 6.65. The van der Waals surface area contributed by atoms with Crippen LogP contribution in [0.15, 0.2) is 24.4 Å². The van der Waals surface area contributed by atoms with Crippen LogP contribution in [0.3, 0.4) is 0 Å². The Kier molecular flexibility index (Phi) is 4.57. The molecule has 0 radical (unpaired) electrons. The summed E-state index contributed by atoms with van der Waals surface area (Å²) in [5.74, 6) is 0.0142. The number of ether oxygens (including phenoxy) is 1. The number of carbonyl (C=O) groups is 2. The third kappa shape index (κ3) is 3.43. The van der Waals surface area contributed by atoms with E-state index in [0.717, 1.165) is 35.9 Å². The molecule has 1 aliphatic rings. The third-order valence-electron chi connectivity index (χ3n) is 4.34. The Morgan fingerprint density at radius 3 is 2.83 bits per heavy atom. The molecule has 1 fully saturated rings. The number of fused-ring (bicyclic) bond motifs is 1. The summed E-state index contributed by atoms with van der Waals surface area (Å²) >= 11 is 0. The molecule has 2 aromatic rings. The summed E-state index contributed by atoms with van der Waals surface area (Å²) in [5, 5.41) is 3.91. The summed E-state index contributed by atoms with van der Waals surface area (Å²) < 4.78 is 6.66. The zero-order chi connectivity index (χ0) is 17.3. The van der Waals surface area contributed by atoms with Crippen molar-refractivity contribution in [2.45, 2.75) is 25.8 Å². The van der Waals surface area contributed by atoms with Crippen molar-refractivity contribution in [2.75, 3.05) is 27.2 Å². The maximum atomic E-state index is 11.9. The lowest BCUT2D eigenvalue weighted by atomic mass is 10.0. The van der Waals surface area contributed by atoms with Crippen molar-refractivity contribution in [1.29, 1.82) is 0 Å². The van der Waals surface area contributed by atoms with Crippen LogP contribution in [0.2, 0.25) is 0 Å². The Bertz CT molecular complexity index is 779. The predicted octanol–water partition coefficient (Wildman–Crippen LogP) is 2.06. The van der Waals surface area contributed by atoms with E-state index in [1.54, 1.807) is 11.5 Å². The van der Waals surface area contributed by atoms with Gasteiger partial charge in [0.25, 0.3) is 0 Å². The van der Waals surface area contributed by atoms with Crippen LogP contribution in [0.5, 0.6) is 0 Å². The van der Waals surface area contributed by atoms with Crippen molar-refractivity contribution < 1.29 is 14.3 Å². The molecule has 0 aliphatic carbocycles. The lowest BCUT2D eigenvalue weighted by Gasteiger charge is -2.10. The molecule has 2 heterocycles. The van der Waals surface area contributed by atoms with Crippen molar-refractivity contribution in [3.8, 4) is 0 Å². The van der Waals surface area contributed by atoms with Gasteiger partial charge in [-0.1, -0.05) is 6.07 Å². The summed E-state index contributed by atoms with van der Waals surface area (Å²) in [6.07, 6.45) is 3.20. The van der Waals surface area contributed by atoms with Crippen LogP contribution in [0.4, 0.5) is 4.79 Å². The van der Waals surface area contributed by atoms with E-state index in [0.29, 0.717) is 6.61 Å². The van der Waals surface area contributed by atoms with Gasteiger partial charge in [-0.3, -0.25) is 9.36 Å². The molecule has 0 bridgehead atoms. The number of nitrogens with one attached hydrogen (secondary N) is 1. The Labute approximate surface area is 141 Å². The fourth-order valence-electron chi connectivity index (χ4n) is 3.10. The molecule has 6 heteroatoms. The van der Waals surface area contributed by atoms with E-state index in [-0.39, 0.29) is 18.0 Å². The first kappa shape index (κ1) is 16.5. The van der Waals surface area contributed by atoms with E-state index in [1.165, 1.54) is 5.56 Å². The molecule has 1 atom stereocenters. The number of aromatic nitrogens is 1. The Morgan fingerprint density at radius 2 is 2.21 bits per heavy atom. The fraction of sp³-hybridized carbons (Fsp3) is 0.444. The monoisotopic (exact) mass is 329 g/mol. The highest BCUT2D eigenvalue weighted by molar-refractivity contribution is 5.94. The number of nitrogens with zero attached hydrogens (tertiary/aromatic N) is 2. The number of likely N-dealkylation sites (N-methyl/N-ethyl adjacent to an activating group) is 1. The number of cyclic esters (lactones) is 1. The number of amides is 1. The van der Waals surface area contributed by atoms with Crippen molar-refractivity contribution in [3.05, 3.63) is 35.5 Å². The van der Waals surface area contributed by atoms with Crippen LogP contribution in [0.1, 0.15) is 22.8 Å². The molecule has 1 amide bonds. The second-order valence-electron chi connectivity index (χ2n) is 6.59. The maximum absolute atomic E-state index is 11.9. The van der Waals surface area contributed by atoms with Crippen LogP contribution in [-0.2, 0) is 17.6 Å². The average molecular weight is 329 g/mol. The quantitative estimate of drug-likeness (QED) is 0.912. The molecule has 0 spiro atoms. The van der Waals surface area contributed by atoms with E-state index < -0.39 is 0 Å². The normalized spacial score (nSPS) is 17.3. The number of hydrogen-bond acceptors (Lipinski definition) is 4. The molecule has 1 unspecified atom stereocenters. The van der Waals surface area contributed by atoms with E-state index in [4.69, 9.17) is 4.74 Å². The highest BCUT2D eigenvalue weighted by atomic mass is 16.6. The summed E-state index contributed by atoms with van der Waals surface area (Å²) in [7, 11) is 4.08. The molecular weight excluding hydrogens is 306 g/mol. The Balaban J connectivity index is 1.92. The van der Waals surface area contributed by atoms with Gasteiger partial charge in [0.1, 0.15) is 6.61 Å². The molecule has 1 saturated heterocycles. The lowest BCUT2D eigenvalue weighted by molar-refractivity contribution is 0.0941. The molecule has 1 aromatic heterocycles. The molecule has 1 aromatic carbocycles. The van der Waals surface area contributed by atoms with Crippen LogP contribution < -0.4 is 5.32 Å². The summed E-state index contributed by atoms with van der Waals surface area (Å²) in [5.41, 5.74) is 3.24. The van der Waals surface area contributed by atoms with Gasteiger partial charge in [0.05, 0.1) is 11.6 Å². The zero-order valence-corrected chi connectivity index (χ0v) is 14.3. The van der Waals surface area contributed by atoms with Crippen molar-refractivity contribution in [3.63, 3.8) is 0 Å². The Morgan fingerprint density at radius 1 is 1.42 bits per heavy atom. The number of rotatable bonds is 5. The topological polar surface area (TPSA) is 63.6 Å². The van der Waals surface area contributed by atoms with Gasteiger partial charge in [-0.25, -0.2) is 4.79 Å². The number of carbonyl (C=O) groups excluding carboxylic acids is 2. The van der Waals surface area contributed by atoms with E-state index >= 15 is 0 Å². The van der Waals surface area contributed by atoms with Gasteiger partial charge < -0.3 is 15.0 Å². The number of hydrogen-bond donors (Lipinski definition) is 1. The first-order valence-corrected chi connectivity index (χ1v) is 8.16. The lowest BCUT2D eigenvalue weighted by Crippen LogP contribution is -2.28. The summed E-state index contributed by atoms with van der Waals surface area (Å²) in [4.78, 5) is 25.2. The standard InChI is InChI=1S/C18H23N3O3/c1-12(22)21-10-14(6-7-20(2)3)16-9-13(4-5-17(16)21)8-15-11-24-18(23)19-15/h4-5,9-10,15H,6-8,11H2,1-3H3,(H,19,23). The van der Waals surface area contributed by atoms with Crippen LogP contribution in [0, 0.1) is 0 Å². The third-order valence-corrected chi connectivity index (χ3v) is 4.34. The first-order valence-electron chi connectivity index (χ1n) is 8.16. The summed E-state index contributed by atoms with van der Waals surface area (Å²) in [6, 6.07) is 6.14. The largest absolute Gasteiger partial charge is 0.447 e. The SMILES string of the molecule is CC(=O)n1cc(CCN(C)C)c2cc(CC3COC(=O)N3)ccc21. The van der Waals surface area contributed by atoms with E-state index in [2.05, 4.69) is 16.3 Å². The molecule has 6 nitrogen and oxygen atoms in total. The summed E-state index contributed by atoms with van der Waals surface area (Å²) in [6.45, 7) is 2.90. The molecule has 128 valence electrons. The molecule has 1 aliphatic heterocycles. The van der Waals surface area contributed by atoms with Gasteiger partial charge in [-0.05, 0) is 50.2 Å². The van der Waals surface area contributed by atoms with Crippen molar-refractivity contribution in [2.24, 2.45) is 0 Å². The van der Waals surface area contributed by atoms with Gasteiger partial charge in [0.15, 0.2) is 0 Å². The fourth-order valence-corrected chi connectivity index (χ4v) is 3.10. The highest BCUT2D eigenvalue weighted by Crippen LogP contribution is 2.24. The van der Waals surface area contributed by atoms with Gasteiger partial charge in [0.2, 0.25) is 5.91 Å². The molecule has 0 saturated carbocycles. The molecule has 24 heavy (non-hydrogen) atoms. The number of benzene rings is 1. The van der Waals surface area contributed by atoms with Crippen LogP contribution in [0.25, 0.3) is 10.9 Å². The minimum Gasteiger partial charge on any atom is -0.447 e. The van der Waals surface area contributed by atoms with Gasteiger partial charge in [-0.15, -0.1) is 0 Å². The zero-order valence-electron chi connectivity index (χ0n) is 14.3. The molecular formula is C18H23N3O3. The minimum absolute atomic E-state index is 0.00932. The van der Waals surface area contributed by atoms with E-state index in [9.17, 15) is 9.59 Å². The van der Waals surface area contributed by atoms with Gasteiger partial charge in [0, 0.05) is 25.1 Å². The Hall–Kier alpha value is -2.34. The van der Waals surface area contributed by atoms with Gasteiger partial charge >= 0.3 is 6.09 Å². The first-order chi connectivity index (χ1) is 11.4.